The van der Waals surface area contributed by atoms with E-state index in [1.54, 1.807) is 26.0 Å². The molecule has 3 saturated heterocycles. The van der Waals surface area contributed by atoms with Crippen LogP contribution in [0.5, 0.6) is 40.2 Å². The molecule has 0 spiro atoms. The fourth-order valence-electron chi connectivity index (χ4n) is 16.6. The summed E-state index contributed by atoms with van der Waals surface area (Å²) < 4.78 is 53.6. The number of aromatic hydroxyl groups is 2. The number of thioether (sulfide) groups is 1. The number of fused-ring (bicyclic) bond motifs is 15. The third-order valence-corrected chi connectivity index (χ3v) is 26.5. The van der Waals surface area contributed by atoms with Crippen LogP contribution in [0.15, 0.2) is 127 Å². The normalized spacial score (nSPS) is 28.8. The molecule has 23 atom stereocenters. The number of amides is 8. The smallest absolute Gasteiger partial charge is 0.248 e. The van der Waals surface area contributed by atoms with Crippen LogP contribution < -0.4 is 79.3 Å². The first-order valence-corrected chi connectivity index (χ1v) is 45.7. The van der Waals surface area contributed by atoms with Gasteiger partial charge in [0.15, 0.2) is 30.2 Å². The Bertz CT molecular complexity index is 5510. The van der Waals surface area contributed by atoms with Gasteiger partial charge in [0.25, 0.3) is 0 Å². The molecule has 714 valence electrons. The van der Waals surface area contributed by atoms with Gasteiger partial charge in [0.2, 0.25) is 64.4 Å². The fraction of sp³-hybridized carbons (Fsp3) is 0.433. The van der Waals surface area contributed by atoms with Gasteiger partial charge in [-0.05, 0) is 200 Å². The molecule has 3 fully saturated rings. The van der Waals surface area contributed by atoms with Crippen molar-refractivity contribution >= 4 is 122 Å². The molecule has 24 N–H and O–H groups in total. The summed E-state index contributed by atoms with van der Waals surface area (Å²) in [4.78, 5) is 137. The van der Waals surface area contributed by atoms with Gasteiger partial charge >= 0.3 is 0 Å². The van der Waals surface area contributed by atoms with Gasteiger partial charge in [-0.1, -0.05) is 101 Å². The first-order chi connectivity index (χ1) is 63.1. The van der Waals surface area contributed by atoms with Crippen LogP contribution >= 0.6 is 69.2 Å². The van der Waals surface area contributed by atoms with Gasteiger partial charge in [-0.2, -0.15) is 0 Å². The third-order valence-electron chi connectivity index (χ3n) is 23.8. The standard InChI is InChI=1S/C90H104Cl3IN12O26S/c1-38(108)24-55(98-6)81(118)105-71-73(113)45-15-20-58(52(92)26-45)127-60-28-47-29-61(77(60)132-88-78(75(115)74(114)62(36-107)129-88)131-66-34-90(5,80(117)40(3)126-66)100-35-41-8-10-42(11-9-41)43-12-17-48(91)18-13-43)128-59-21-16-46(27-53(59)93)76(130-65-33-89(4,97)79(116)39(2)125-65)72-86(123)104-70(87(124)133-37-64(112)99-23-7-22-95)51-30-49(109)31-57(110)67(51)50-25-44(14-19-54(50)94)68(83(120)106-72)103-84(121)69(47)102-82(119)56(32-63(96)111)101-85(71)122/h8-21,25-31,38-40,55-56,62,65-66,68-76,78-80,88,98,100,107-110,113-117H,7,22-24,32-37,95,97H2,1-6H3,(H2,96,111)(H,99,112)(H,101,122)(H,102,119)(H,103,121)(H,104,123)(H,105,118)(H,106,120)/t38?,39-,40-,55+,56-,62+,65-,66-,68+,69+,70+,71+,72-,73+,74+,75-,76+,78+,79-,80-,88-,89-,90-/m0/s1. The molecule has 0 aromatic heterocycles. The molecule has 8 amide bonds. The number of benzene rings is 7. The summed E-state index contributed by atoms with van der Waals surface area (Å²) in [5.74, 6) is -14.3. The zero-order valence-corrected chi connectivity index (χ0v) is 77.7. The van der Waals surface area contributed by atoms with E-state index >= 15 is 28.8 Å². The minimum atomic E-state index is -2.39. The van der Waals surface area contributed by atoms with E-state index in [9.17, 15) is 60.3 Å². The summed E-state index contributed by atoms with van der Waals surface area (Å²) in [5, 5.41) is 129. The van der Waals surface area contributed by atoms with Crippen LogP contribution in [0.4, 0.5) is 0 Å². The molecule has 0 radical (unpaired) electrons. The molecule has 8 aliphatic heterocycles. The van der Waals surface area contributed by atoms with Crippen LogP contribution in [-0.4, -0.2) is 240 Å². The van der Waals surface area contributed by atoms with Gasteiger partial charge in [-0.3, -0.25) is 43.2 Å². The number of phenolic OH excluding ortho intramolecular Hbond substituents is 2. The molecule has 11 bridgehead atoms. The number of nitrogens with one attached hydrogen (secondary N) is 9. The SMILES string of the molecule is CN[C@H](CC(C)O)C(=O)N[C@H]1C(=O)N[C@@H](CC(N)=O)C(=O)N[C@H]2C(=O)N[C@H]3C(=O)N[C@H](C(=O)N[C@@H](C(=O)SCC(=O)NCCCN)c4cc(O)cc(O)c4-c4cc3ccc4I)[C@H](O[C@H]3C[C@](C)(N)[C@@H](O)[C@H](C)O3)c3ccc(c(Cl)c3)Oc3cc2cc(c3O[C@@H]2O[C@H](CO)[C@@H](O)[C@H](O)[C@H]2O[C@H]2C[C@](C)(NCc3ccc(-c4ccc(Cl)cc4)cc3)[C@@H](O)[C@H](C)O2)Oc2ccc(cc2Cl)[C@H]1O. The molecule has 0 saturated carbocycles. The maximum Gasteiger partial charge on any atom is 0.248 e. The summed E-state index contributed by atoms with van der Waals surface area (Å²) in [6.45, 7) is 7.18. The van der Waals surface area contributed by atoms with Crippen molar-refractivity contribution in [3.05, 3.63) is 179 Å². The van der Waals surface area contributed by atoms with Crippen LogP contribution in [0, 0.1) is 3.57 Å². The Kier molecular flexibility index (Phi) is 32.6. The number of primary amides is 1. The molecule has 7 aromatic carbocycles. The second-order valence-corrected chi connectivity index (χ2v) is 37.3. The van der Waals surface area contributed by atoms with Gasteiger partial charge in [-0.15, -0.1) is 0 Å². The summed E-state index contributed by atoms with van der Waals surface area (Å²) in [6.07, 6.45) is -24.2. The average Bonchev–Trinajstić information content (AvgIpc) is 0.770. The average molecular weight is 2040 g/mol. The van der Waals surface area contributed by atoms with Crippen LogP contribution in [-0.2, 0) is 73.4 Å². The van der Waals surface area contributed by atoms with Gasteiger partial charge < -0.3 is 149 Å². The van der Waals surface area contributed by atoms with Crippen LogP contribution in [0.2, 0.25) is 15.1 Å². The lowest BCUT2D eigenvalue weighted by molar-refractivity contribution is -0.334. The molecule has 133 heavy (non-hydrogen) atoms. The number of aliphatic hydroxyl groups excluding tert-OH is 7. The number of rotatable bonds is 24. The topological polar surface area (TPSA) is 596 Å². The first-order valence-electron chi connectivity index (χ1n) is 42.5. The van der Waals surface area contributed by atoms with E-state index in [2.05, 4.69) is 47.9 Å². The van der Waals surface area contributed by atoms with Crippen molar-refractivity contribution in [2.45, 2.75) is 213 Å². The van der Waals surface area contributed by atoms with Crippen molar-refractivity contribution in [3.63, 3.8) is 0 Å². The van der Waals surface area contributed by atoms with Crippen LogP contribution in [0.3, 0.4) is 0 Å². The van der Waals surface area contributed by atoms with Gasteiger partial charge in [0, 0.05) is 57.2 Å². The first kappa shape index (κ1) is 101. The zero-order chi connectivity index (χ0) is 96.1. The molecule has 0 aliphatic carbocycles. The Balaban J connectivity index is 1.02. The Hall–Kier alpha value is -9.72. The maximum absolute atomic E-state index is 16.8. The summed E-state index contributed by atoms with van der Waals surface area (Å²) in [5.41, 5.74) is 16.6. The monoisotopic (exact) mass is 2030 g/mol. The number of carbonyl (C=O) groups excluding carboxylic acids is 9. The van der Waals surface area contributed by atoms with Crippen molar-refractivity contribution in [1.82, 2.24) is 47.9 Å². The number of nitrogens with two attached hydrogens (primary N) is 3. The summed E-state index contributed by atoms with van der Waals surface area (Å²) >= 11 is 23.3. The number of ether oxygens (including phenoxy) is 8. The second-order valence-electron chi connectivity index (χ2n) is 33.9. The minimum absolute atomic E-state index is 0.0285. The van der Waals surface area contributed by atoms with Crippen molar-refractivity contribution in [2.24, 2.45) is 17.2 Å². The number of halogens is 4. The Labute approximate surface area is 795 Å². The molecular formula is C90H104Cl3IN12O26S. The maximum atomic E-state index is 16.8. The lowest BCUT2D eigenvalue weighted by Gasteiger charge is -2.48. The molecule has 1 unspecified atom stereocenters. The number of carbonyl (C=O) groups is 9. The third kappa shape index (κ3) is 23.3. The number of hydrogen-bond acceptors (Lipinski definition) is 31. The Morgan fingerprint density at radius 3 is 1.92 bits per heavy atom. The lowest BCUT2D eigenvalue weighted by atomic mass is 9.84. The Morgan fingerprint density at radius 1 is 0.684 bits per heavy atom. The van der Waals surface area contributed by atoms with E-state index in [4.69, 9.17) is 89.9 Å². The second kappa shape index (κ2) is 43.1. The molecule has 8 aliphatic rings. The largest absolute Gasteiger partial charge is 0.508 e. The number of aliphatic hydroxyl groups is 7. The highest BCUT2D eigenvalue weighted by Gasteiger charge is 2.53. The number of hydrogen-bond donors (Lipinski definition) is 21. The van der Waals surface area contributed by atoms with Crippen molar-refractivity contribution in [1.29, 1.82) is 0 Å². The molecule has 7 aromatic rings. The van der Waals surface area contributed by atoms with E-state index in [1.807, 2.05) is 59.0 Å². The van der Waals surface area contributed by atoms with Gasteiger partial charge in [0.05, 0.1) is 65.4 Å². The van der Waals surface area contributed by atoms with Crippen molar-refractivity contribution in [2.75, 3.05) is 32.5 Å². The van der Waals surface area contributed by atoms with Crippen LogP contribution in [0.25, 0.3) is 22.3 Å². The highest BCUT2D eigenvalue weighted by atomic mass is 127. The summed E-state index contributed by atoms with van der Waals surface area (Å²) in [6, 6.07) is 16.0. The fourth-order valence-corrected chi connectivity index (χ4v) is 18.5. The van der Waals surface area contributed by atoms with Crippen LogP contribution in [0.1, 0.15) is 130 Å². The van der Waals surface area contributed by atoms with Gasteiger partial charge in [0.1, 0.15) is 89.8 Å². The zero-order valence-electron chi connectivity index (χ0n) is 72.4. The van der Waals surface area contributed by atoms with Crippen molar-refractivity contribution in [3.8, 4) is 62.5 Å². The minimum Gasteiger partial charge on any atom is -0.508 e. The highest BCUT2D eigenvalue weighted by Crippen LogP contribution is 2.51. The molecular weight excluding hydrogens is 1930 g/mol. The van der Waals surface area contributed by atoms with E-state index < -0.39 is 261 Å². The summed E-state index contributed by atoms with van der Waals surface area (Å²) in [7, 11) is 1.38. The Morgan fingerprint density at radius 2 is 1.29 bits per heavy atom. The van der Waals surface area contributed by atoms with Crippen molar-refractivity contribution < 1.29 is 127 Å². The lowest BCUT2D eigenvalue weighted by Crippen LogP contribution is -2.65. The number of likely N-dealkylation sites (N-methyl/N-ethyl adjacent to an activating group) is 1. The predicted molar refractivity (Wildman–Crippen MR) is 490 cm³/mol. The molecule has 15 rings (SSSR count). The van der Waals surface area contributed by atoms with Gasteiger partial charge in [-0.25, -0.2) is 0 Å². The van der Waals surface area contributed by atoms with E-state index in [1.165, 1.54) is 76.3 Å². The quantitative estimate of drug-likeness (QED) is 0.0302. The molecule has 38 nitrogen and oxygen atoms in total. The molecule has 43 heteroatoms. The van der Waals surface area contributed by atoms with E-state index in [0.717, 1.165) is 47.0 Å². The van der Waals surface area contributed by atoms with E-state index in [-0.39, 0.29) is 81.6 Å². The number of phenols is 2. The molecule has 8 heterocycles. The highest BCUT2D eigenvalue weighted by molar-refractivity contribution is 14.1. The van der Waals surface area contributed by atoms with E-state index in [0.29, 0.717) is 23.2 Å². The predicted octanol–water partition coefficient (Wildman–Crippen LogP) is 3.76.